The van der Waals surface area contributed by atoms with Crippen molar-refractivity contribution in [2.75, 3.05) is 18.1 Å². The number of aromatic nitrogens is 4. The topological polar surface area (TPSA) is 56.1 Å². The Labute approximate surface area is 138 Å². The Morgan fingerprint density at radius 3 is 3.04 bits per heavy atom. The summed E-state index contributed by atoms with van der Waals surface area (Å²) in [6, 6.07) is 8.50. The molecule has 0 bridgehead atoms. The van der Waals surface area contributed by atoms with Gasteiger partial charge in [0.25, 0.3) is 0 Å². The number of pyridine rings is 1. The summed E-state index contributed by atoms with van der Waals surface area (Å²) < 4.78 is 20.6. The van der Waals surface area contributed by atoms with E-state index >= 15 is 0 Å². The van der Waals surface area contributed by atoms with Crippen LogP contribution in [0.4, 0.5) is 10.1 Å². The molecule has 0 unspecified atom stereocenters. The summed E-state index contributed by atoms with van der Waals surface area (Å²) in [5.41, 5.74) is 2.81. The van der Waals surface area contributed by atoms with Crippen molar-refractivity contribution < 1.29 is 9.13 Å². The van der Waals surface area contributed by atoms with Gasteiger partial charge in [0.2, 0.25) is 0 Å². The van der Waals surface area contributed by atoms with Crippen LogP contribution in [-0.2, 0) is 13.1 Å². The first-order chi connectivity index (χ1) is 11.8. The molecule has 0 saturated heterocycles. The zero-order chi connectivity index (χ0) is 16.4. The summed E-state index contributed by atoms with van der Waals surface area (Å²) in [7, 11) is 0. The number of benzene rings is 1. The lowest BCUT2D eigenvalue weighted by Gasteiger charge is -2.30. The second-order valence-electron chi connectivity index (χ2n) is 5.65. The molecule has 0 saturated carbocycles. The van der Waals surface area contributed by atoms with Gasteiger partial charge in [-0.25, -0.2) is 9.07 Å². The summed E-state index contributed by atoms with van der Waals surface area (Å²) in [6.45, 7) is 2.50. The van der Waals surface area contributed by atoms with E-state index in [1.165, 1.54) is 12.1 Å². The predicted octanol–water partition coefficient (Wildman–Crippen LogP) is 2.26. The number of nitrogens with zero attached hydrogens (tertiary/aromatic N) is 5. The molecule has 0 atom stereocenters. The van der Waals surface area contributed by atoms with Gasteiger partial charge < -0.3 is 9.64 Å². The molecule has 7 heteroatoms. The largest absolute Gasteiger partial charge is 0.489 e. The quantitative estimate of drug-likeness (QED) is 0.736. The van der Waals surface area contributed by atoms with Crippen LogP contribution in [0.2, 0.25) is 0 Å². The molecule has 1 aliphatic rings. The van der Waals surface area contributed by atoms with E-state index in [2.05, 4.69) is 20.2 Å². The van der Waals surface area contributed by atoms with Crippen LogP contribution in [0.1, 0.15) is 11.3 Å². The number of rotatable bonds is 4. The number of ether oxygens (including phenoxy) is 1. The van der Waals surface area contributed by atoms with Crippen molar-refractivity contribution in [1.29, 1.82) is 0 Å². The summed E-state index contributed by atoms with van der Waals surface area (Å²) >= 11 is 0. The molecule has 24 heavy (non-hydrogen) atoms. The van der Waals surface area contributed by atoms with Crippen molar-refractivity contribution in [1.82, 2.24) is 20.0 Å². The minimum atomic E-state index is -0.294. The van der Waals surface area contributed by atoms with E-state index in [0.29, 0.717) is 25.4 Å². The smallest absolute Gasteiger partial charge is 0.145 e. The molecule has 6 nitrogen and oxygen atoms in total. The molecular weight excluding hydrogens is 309 g/mol. The van der Waals surface area contributed by atoms with E-state index in [-0.39, 0.29) is 5.82 Å². The molecule has 1 aromatic carbocycles. The van der Waals surface area contributed by atoms with Gasteiger partial charge in [-0.15, -0.1) is 5.10 Å². The molecule has 1 aliphatic heterocycles. The van der Waals surface area contributed by atoms with E-state index in [1.54, 1.807) is 16.9 Å². The standard InChI is InChI=1S/C17H16FN5O/c18-14-3-4-16-17(8-14)24-7-6-22(16)11-15-12-23(21-20-15)10-13-2-1-5-19-9-13/h1-5,8-9,12H,6-7,10-11H2. The maximum atomic E-state index is 13.3. The van der Waals surface area contributed by atoms with Crippen molar-refractivity contribution in [3.05, 3.63) is 66.0 Å². The van der Waals surface area contributed by atoms with E-state index in [0.717, 1.165) is 23.5 Å². The lowest BCUT2D eigenvalue weighted by molar-refractivity contribution is 0.305. The van der Waals surface area contributed by atoms with Crippen LogP contribution in [0.25, 0.3) is 0 Å². The number of hydrogen-bond donors (Lipinski definition) is 0. The van der Waals surface area contributed by atoms with Crippen LogP contribution in [0, 0.1) is 5.82 Å². The lowest BCUT2D eigenvalue weighted by Crippen LogP contribution is -2.32. The first kappa shape index (κ1) is 14.6. The average molecular weight is 325 g/mol. The van der Waals surface area contributed by atoms with Crippen molar-refractivity contribution in [3.8, 4) is 5.75 Å². The Balaban J connectivity index is 1.49. The zero-order valence-corrected chi connectivity index (χ0v) is 13.0. The third-order valence-electron chi connectivity index (χ3n) is 3.89. The number of fused-ring (bicyclic) bond motifs is 1. The SMILES string of the molecule is Fc1ccc2c(c1)OCCN2Cc1cn(Cc2cccnc2)nn1. The highest BCUT2D eigenvalue weighted by Crippen LogP contribution is 2.32. The lowest BCUT2D eigenvalue weighted by atomic mass is 10.2. The summed E-state index contributed by atoms with van der Waals surface area (Å²) in [5, 5.41) is 8.40. The maximum Gasteiger partial charge on any atom is 0.145 e. The van der Waals surface area contributed by atoms with Gasteiger partial charge in [0.1, 0.15) is 23.9 Å². The normalized spacial score (nSPS) is 13.5. The molecule has 0 aliphatic carbocycles. The van der Waals surface area contributed by atoms with Crippen molar-refractivity contribution >= 4 is 5.69 Å². The molecule has 3 aromatic rings. The summed E-state index contributed by atoms with van der Waals surface area (Å²) in [5.74, 6) is 0.280. The fourth-order valence-corrected chi connectivity index (χ4v) is 2.78. The van der Waals surface area contributed by atoms with Crippen molar-refractivity contribution in [2.24, 2.45) is 0 Å². The van der Waals surface area contributed by atoms with E-state index in [4.69, 9.17) is 4.74 Å². The third kappa shape index (κ3) is 3.05. The number of hydrogen-bond acceptors (Lipinski definition) is 5. The van der Waals surface area contributed by atoms with Gasteiger partial charge in [0, 0.05) is 18.5 Å². The molecule has 0 N–H and O–H groups in total. The van der Waals surface area contributed by atoms with Gasteiger partial charge >= 0.3 is 0 Å². The molecule has 2 aromatic heterocycles. The molecule has 0 amide bonds. The van der Waals surface area contributed by atoms with Crippen LogP contribution in [-0.4, -0.2) is 33.1 Å². The van der Waals surface area contributed by atoms with Gasteiger partial charge in [-0.05, 0) is 23.8 Å². The van der Waals surface area contributed by atoms with Gasteiger partial charge in [-0.2, -0.15) is 0 Å². The summed E-state index contributed by atoms with van der Waals surface area (Å²) in [6.07, 6.45) is 5.48. The Morgan fingerprint density at radius 2 is 2.17 bits per heavy atom. The molecule has 0 spiro atoms. The van der Waals surface area contributed by atoms with Crippen LogP contribution in [0.15, 0.2) is 48.9 Å². The van der Waals surface area contributed by atoms with Crippen LogP contribution in [0.5, 0.6) is 5.75 Å². The second-order valence-corrected chi connectivity index (χ2v) is 5.65. The molecule has 4 rings (SSSR count). The number of halogens is 1. The van der Waals surface area contributed by atoms with Crippen molar-refractivity contribution in [2.45, 2.75) is 13.1 Å². The highest BCUT2D eigenvalue weighted by atomic mass is 19.1. The van der Waals surface area contributed by atoms with Crippen LogP contribution in [0.3, 0.4) is 0 Å². The predicted molar refractivity (Wildman–Crippen MR) is 86.3 cm³/mol. The second kappa shape index (κ2) is 6.27. The Bertz CT molecular complexity index is 836. The molecule has 0 fully saturated rings. The molecule has 3 heterocycles. The highest BCUT2D eigenvalue weighted by molar-refractivity contribution is 5.60. The van der Waals surface area contributed by atoms with Crippen LogP contribution < -0.4 is 9.64 Å². The van der Waals surface area contributed by atoms with Gasteiger partial charge in [0.05, 0.1) is 31.5 Å². The van der Waals surface area contributed by atoms with Crippen molar-refractivity contribution in [3.63, 3.8) is 0 Å². The monoisotopic (exact) mass is 325 g/mol. The highest BCUT2D eigenvalue weighted by Gasteiger charge is 2.19. The first-order valence-corrected chi connectivity index (χ1v) is 7.73. The van der Waals surface area contributed by atoms with E-state index in [9.17, 15) is 4.39 Å². The van der Waals surface area contributed by atoms with Gasteiger partial charge in [-0.1, -0.05) is 11.3 Å². The van der Waals surface area contributed by atoms with Gasteiger partial charge in [0.15, 0.2) is 0 Å². The first-order valence-electron chi connectivity index (χ1n) is 7.73. The van der Waals surface area contributed by atoms with E-state index < -0.39 is 0 Å². The fourth-order valence-electron chi connectivity index (χ4n) is 2.78. The zero-order valence-electron chi connectivity index (χ0n) is 13.0. The Morgan fingerprint density at radius 1 is 1.21 bits per heavy atom. The van der Waals surface area contributed by atoms with Crippen LogP contribution >= 0.6 is 0 Å². The molecular formula is C17H16FN5O. The number of anilines is 1. The molecule has 122 valence electrons. The molecule has 0 radical (unpaired) electrons. The third-order valence-corrected chi connectivity index (χ3v) is 3.89. The minimum absolute atomic E-state index is 0.294. The van der Waals surface area contributed by atoms with Gasteiger partial charge in [-0.3, -0.25) is 4.98 Å². The average Bonchev–Trinajstić information content (AvgIpc) is 3.03. The Hall–Kier alpha value is -2.96. The summed E-state index contributed by atoms with van der Waals surface area (Å²) in [4.78, 5) is 6.22. The van der Waals surface area contributed by atoms with E-state index in [1.807, 2.05) is 24.5 Å². The minimum Gasteiger partial charge on any atom is -0.489 e. The fraction of sp³-hybridized carbons (Fsp3) is 0.235. The Kier molecular flexibility index (Phi) is 3.82. The maximum absolute atomic E-state index is 13.3.